The molecule has 0 unspecified atom stereocenters. The molecule has 1 saturated heterocycles. The minimum absolute atomic E-state index is 0.0216. The van der Waals surface area contributed by atoms with Crippen LogP contribution in [-0.2, 0) is 16.0 Å². The fraction of sp³-hybridized carbons (Fsp3) is 0.316. The number of carbonyl (C=O) groups is 2. The van der Waals surface area contributed by atoms with Gasteiger partial charge >= 0.3 is 5.97 Å². The van der Waals surface area contributed by atoms with Crippen LogP contribution in [0.2, 0.25) is 0 Å². The van der Waals surface area contributed by atoms with Crippen LogP contribution < -0.4 is 4.74 Å². The van der Waals surface area contributed by atoms with Crippen molar-refractivity contribution in [2.45, 2.75) is 24.9 Å². The number of aliphatic carboxylic acids is 1. The van der Waals surface area contributed by atoms with E-state index in [1.54, 1.807) is 47.6 Å². The Labute approximate surface area is 146 Å². The summed E-state index contributed by atoms with van der Waals surface area (Å²) >= 11 is 0. The molecule has 3 rings (SSSR count). The van der Waals surface area contributed by atoms with Crippen molar-refractivity contribution in [3.05, 3.63) is 60.4 Å². The number of carboxylic acid groups (broad SMARTS) is 1. The molecule has 25 heavy (non-hydrogen) atoms. The molecule has 0 atom stereocenters. The fourth-order valence-electron chi connectivity index (χ4n) is 2.98. The number of likely N-dealkylation sites (tertiary alicyclic amines) is 1. The first-order valence-corrected chi connectivity index (χ1v) is 8.23. The highest BCUT2D eigenvalue weighted by atomic mass is 16.5. The number of piperidine rings is 1. The lowest BCUT2D eigenvalue weighted by atomic mass is 9.90. The van der Waals surface area contributed by atoms with Gasteiger partial charge in [-0.2, -0.15) is 0 Å². The number of benzene rings is 1. The van der Waals surface area contributed by atoms with Crippen molar-refractivity contribution in [1.82, 2.24) is 9.88 Å². The zero-order valence-electron chi connectivity index (χ0n) is 13.8. The maximum Gasteiger partial charge on any atom is 0.348 e. The first-order valence-electron chi connectivity index (χ1n) is 8.23. The van der Waals surface area contributed by atoms with Crippen LogP contribution in [0.25, 0.3) is 0 Å². The molecule has 1 fully saturated rings. The summed E-state index contributed by atoms with van der Waals surface area (Å²) in [4.78, 5) is 29.9. The van der Waals surface area contributed by atoms with Gasteiger partial charge in [0.05, 0.1) is 6.42 Å². The van der Waals surface area contributed by atoms with E-state index in [1.807, 2.05) is 12.1 Å². The van der Waals surface area contributed by atoms with Crippen molar-refractivity contribution < 1.29 is 19.4 Å². The van der Waals surface area contributed by atoms with Gasteiger partial charge in [-0.3, -0.25) is 9.78 Å². The van der Waals surface area contributed by atoms with Crippen molar-refractivity contribution >= 4 is 11.9 Å². The smallest absolute Gasteiger partial charge is 0.348 e. The predicted molar refractivity (Wildman–Crippen MR) is 91.2 cm³/mol. The van der Waals surface area contributed by atoms with Gasteiger partial charge in [-0.25, -0.2) is 4.79 Å². The molecule has 2 aromatic rings. The minimum Gasteiger partial charge on any atom is -0.478 e. The van der Waals surface area contributed by atoms with Crippen LogP contribution in [0.15, 0.2) is 54.9 Å². The Hall–Kier alpha value is -2.89. The highest BCUT2D eigenvalue weighted by molar-refractivity contribution is 5.81. The molecule has 1 aromatic heterocycles. The number of nitrogens with zero attached hydrogens (tertiary/aromatic N) is 2. The number of hydrogen-bond donors (Lipinski definition) is 1. The third-order valence-electron chi connectivity index (χ3n) is 4.45. The molecule has 1 amide bonds. The van der Waals surface area contributed by atoms with Crippen LogP contribution in [0.5, 0.6) is 5.75 Å². The van der Waals surface area contributed by atoms with E-state index < -0.39 is 11.6 Å². The van der Waals surface area contributed by atoms with Gasteiger partial charge in [0.2, 0.25) is 11.5 Å². The Bertz CT molecular complexity index is 726. The Balaban J connectivity index is 1.64. The first-order chi connectivity index (χ1) is 12.1. The largest absolute Gasteiger partial charge is 0.478 e. The van der Waals surface area contributed by atoms with Gasteiger partial charge in [0.1, 0.15) is 5.75 Å². The normalized spacial score (nSPS) is 16.2. The van der Waals surface area contributed by atoms with E-state index in [1.165, 1.54) is 0 Å². The van der Waals surface area contributed by atoms with Crippen LogP contribution >= 0.6 is 0 Å². The molecular weight excluding hydrogens is 320 g/mol. The Morgan fingerprint density at radius 3 is 2.44 bits per heavy atom. The molecule has 0 bridgehead atoms. The summed E-state index contributed by atoms with van der Waals surface area (Å²) < 4.78 is 5.80. The molecule has 0 aliphatic carbocycles. The van der Waals surface area contributed by atoms with E-state index in [4.69, 9.17) is 4.74 Å². The van der Waals surface area contributed by atoms with Gasteiger partial charge in [-0.15, -0.1) is 0 Å². The van der Waals surface area contributed by atoms with Crippen molar-refractivity contribution in [2.24, 2.45) is 0 Å². The van der Waals surface area contributed by atoms with Gasteiger partial charge in [-0.1, -0.05) is 24.3 Å². The lowest BCUT2D eigenvalue weighted by Gasteiger charge is -2.38. The van der Waals surface area contributed by atoms with Crippen LogP contribution in [0.4, 0.5) is 0 Å². The van der Waals surface area contributed by atoms with Crippen molar-refractivity contribution in [2.75, 3.05) is 13.1 Å². The summed E-state index contributed by atoms with van der Waals surface area (Å²) in [5.41, 5.74) is -0.435. The number of carbonyl (C=O) groups excluding carboxylic acids is 1. The van der Waals surface area contributed by atoms with Crippen molar-refractivity contribution in [3.8, 4) is 5.75 Å². The van der Waals surface area contributed by atoms with Crippen LogP contribution in [-0.4, -0.2) is 45.6 Å². The summed E-state index contributed by atoms with van der Waals surface area (Å²) in [5, 5.41) is 9.67. The highest BCUT2D eigenvalue weighted by Gasteiger charge is 2.44. The molecule has 1 aliphatic rings. The van der Waals surface area contributed by atoms with Crippen LogP contribution in [0, 0.1) is 0 Å². The molecule has 2 heterocycles. The summed E-state index contributed by atoms with van der Waals surface area (Å²) in [6.07, 6.45) is 4.12. The molecule has 0 spiro atoms. The zero-order valence-corrected chi connectivity index (χ0v) is 13.8. The third-order valence-corrected chi connectivity index (χ3v) is 4.45. The number of carboxylic acids is 1. The molecule has 0 radical (unpaired) electrons. The molecule has 1 aromatic carbocycles. The summed E-state index contributed by atoms with van der Waals surface area (Å²) in [6.45, 7) is 0.719. The van der Waals surface area contributed by atoms with Gasteiger partial charge in [0, 0.05) is 38.3 Å². The molecule has 130 valence electrons. The number of rotatable bonds is 5. The monoisotopic (exact) mass is 340 g/mol. The quantitative estimate of drug-likeness (QED) is 0.902. The second kappa shape index (κ2) is 7.34. The molecule has 6 heteroatoms. The van der Waals surface area contributed by atoms with Gasteiger partial charge in [-0.05, 0) is 23.8 Å². The average Bonchev–Trinajstić information content (AvgIpc) is 2.64. The Morgan fingerprint density at radius 2 is 1.84 bits per heavy atom. The predicted octanol–water partition coefficient (Wildman–Crippen LogP) is 2.15. The van der Waals surface area contributed by atoms with E-state index in [0.29, 0.717) is 18.8 Å². The molecule has 6 nitrogen and oxygen atoms in total. The summed E-state index contributed by atoms with van der Waals surface area (Å²) in [7, 11) is 0. The summed E-state index contributed by atoms with van der Waals surface area (Å²) in [5.74, 6) is -0.484. The van der Waals surface area contributed by atoms with Crippen molar-refractivity contribution in [3.63, 3.8) is 0 Å². The standard InChI is InChI=1S/C19H20N2O4/c22-17(13-15-5-4-10-20-14-15)21-11-8-19(9-12-21,18(23)24)25-16-6-2-1-3-7-16/h1-7,10,14H,8-9,11-13H2,(H,23,24). The van der Waals surface area contributed by atoms with Crippen molar-refractivity contribution in [1.29, 1.82) is 0 Å². The maximum atomic E-state index is 12.4. The lowest BCUT2D eigenvalue weighted by Crippen LogP contribution is -2.54. The Kier molecular flexibility index (Phi) is 4.97. The number of para-hydroxylation sites is 1. The molecular formula is C19H20N2O4. The number of ether oxygens (including phenoxy) is 1. The van der Waals surface area contributed by atoms with Crippen LogP contribution in [0.3, 0.4) is 0 Å². The van der Waals surface area contributed by atoms with E-state index in [0.717, 1.165) is 5.56 Å². The van der Waals surface area contributed by atoms with E-state index >= 15 is 0 Å². The second-order valence-electron chi connectivity index (χ2n) is 6.13. The maximum absolute atomic E-state index is 12.4. The minimum atomic E-state index is -1.29. The van der Waals surface area contributed by atoms with E-state index in [2.05, 4.69) is 4.98 Å². The highest BCUT2D eigenvalue weighted by Crippen LogP contribution is 2.29. The SMILES string of the molecule is O=C(Cc1cccnc1)N1CCC(Oc2ccccc2)(C(=O)O)CC1. The number of aromatic nitrogens is 1. The third kappa shape index (κ3) is 3.96. The lowest BCUT2D eigenvalue weighted by molar-refractivity contribution is -0.161. The van der Waals surface area contributed by atoms with Gasteiger partial charge < -0.3 is 14.7 Å². The van der Waals surface area contributed by atoms with E-state index in [-0.39, 0.29) is 25.2 Å². The molecule has 0 saturated carbocycles. The topological polar surface area (TPSA) is 79.7 Å². The zero-order chi connectivity index (χ0) is 17.7. The Morgan fingerprint density at radius 1 is 1.12 bits per heavy atom. The van der Waals surface area contributed by atoms with Crippen LogP contribution in [0.1, 0.15) is 18.4 Å². The van der Waals surface area contributed by atoms with Gasteiger partial charge in [0.25, 0.3) is 0 Å². The number of amides is 1. The number of pyridine rings is 1. The van der Waals surface area contributed by atoms with E-state index in [9.17, 15) is 14.7 Å². The summed E-state index contributed by atoms with van der Waals surface area (Å²) in [6, 6.07) is 12.6. The first kappa shape index (κ1) is 17.0. The van der Waals surface area contributed by atoms with Gasteiger partial charge in [0.15, 0.2) is 0 Å². The second-order valence-corrected chi connectivity index (χ2v) is 6.13. The number of hydrogen-bond acceptors (Lipinski definition) is 4. The average molecular weight is 340 g/mol. The molecule has 1 aliphatic heterocycles. The fourth-order valence-corrected chi connectivity index (χ4v) is 2.98. The molecule has 1 N–H and O–H groups in total.